The van der Waals surface area contributed by atoms with Crippen molar-refractivity contribution >= 4 is 31.5 Å². The summed E-state index contributed by atoms with van der Waals surface area (Å²) in [6.45, 7) is 3.99. The molecule has 166 valence electrons. The molecule has 2 aromatic rings. The van der Waals surface area contributed by atoms with Crippen LogP contribution in [0.25, 0.3) is 0 Å². The van der Waals surface area contributed by atoms with E-state index in [9.17, 15) is 9.59 Å². The Bertz CT molecular complexity index is 930. The number of carbonyl (C=O) groups excluding carboxylic acids is 2. The van der Waals surface area contributed by atoms with Crippen molar-refractivity contribution in [3.05, 3.63) is 47.5 Å². The molecule has 0 aliphatic rings. The summed E-state index contributed by atoms with van der Waals surface area (Å²) in [4.78, 5) is 30.1. The Balaban J connectivity index is 2.34. The van der Waals surface area contributed by atoms with Crippen molar-refractivity contribution in [2.45, 2.75) is 18.7 Å². The van der Waals surface area contributed by atoms with E-state index in [1.807, 2.05) is 13.8 Å². The number of hydrogen-bond donors (Lipinski definition) is 1. The zero-order valence-electron chi connectivity index (χ0n) is 18.3. The van der Waals surface area contributed by atoms with Crippen LogP contribution in [0.5, 0.6) is 23.0 Å². The Morgan fingerprint density at radius 1 is 0.774 bits per heavy atom. The molecule has 0 atom stereocenters. The summed E-state index contributed by atoms with van der Waals surface area (Å²) in [7, 11) is 6.02. The molecular weight excluding hydrogens is 467 g/mol. The van der Waals surface area contributed by atoms with Crippen molar-refractivity contribution in [1.29, 1.82) is 0 Å². The van der Waals surface area contributed by atoms with E-state index >= 15 is 0 Å². The Morgan fingerprint density at radius 2 is 1.19 bits per heavy atom. The van der Waals surface area contributed by atoms with Gasteiger partial charge in [0.05, 0.1) is 0 Å². The van der Waals surface area contributed by atoms with Gasteiger partial charge in [-0.2, -0.15) is 0 Å². The van der Waals surface area contributed by atoms with E-state index in [1.165, 1.54) is 28.4 Å². The van der Waals surface area contributed by atoms with Crippen LogP contribution in [0, 0.1) is 0 Å². The molecule has 0 heterocycles. The molecule has 0 radical (unpaired) electrons. The molecule has 0 spiro atoms. The average Bonchev–Trinajstić information content (AvgIpc) is 2.77. The summed E-state index contributed by atoms with van der Waals surface area (Å²) in [5, 5.41) is 2.77. The fraction of sp³-hybridized carbons (Fsp3) is 0.318. The van der Waals surface area contributed by atoms with Crippen molar-refractivity contribution in [2.75, 3.05) is 28.4 Å². The third-order valence-electron chi connectivity index (χ3n) is 3.98. The summed E-state index contributed by atoms with van der Waals surface area (Å²) >= 11 is -0.239. The van der Waals surface area contributed by atoms with Crippen LogP contribution >= 0.6 is 0 Å². The molecular formula is C22H26N2O6Se. The number of benzene rings is 2. The van der Waals surface area contributed by atoms with Crippen LogP contribution in [-0.4, -0.2) is 59.9 Å². The minimum atomic E-state index is -0.502. The average molecular weight is 493 g/mol. The number of methoxy groups -OCH3 is 4. The Morgan fingerprint density at radius 3 is 1.58 bits per heavy atom. The predicted octanol–water partition coefficient (Wildman–Crippen LogP) is 3.18. The summed E-state index contributed by atoms with van der Waals surface area (Å²) in [5.41, 5.74) is 0.629. The van der Waals surface area contributed by atoms with E-state index in [0.29, 0.717) is 38.9 Å². The Hall–Kier alpha value is -3.03. The topological polar surface area (TPSA) is 95.5 Å². The van der Waals surface area contributed by atoms with E-state index in [2.05, 4.69) is 10.3 Å². The molecule has 2 aromatic carbocycles. The standard InChI is InChI=1S/C22H26N2O6Se/c1-13(2)31-22(23-20(25)14-7-16(27-3)11-17(8-14)28-4)24-21(26)15-9-18(29-5)12-19(10-15)30-6/h7-13H,1-6H3,(H,23,24,25,26). The van der Waals surface area contributed by atoms with E-state index in [4.69, 9.17) is 18.9 Å². The second kappa shape index (κ2) is 11.4. The first kappa shape index (κ1) is 24.2. The van der Waals surface area contributed by atoms with Gasteiger partial charge in [-0.25, -0.2) is 0 Å². The van der Waals surface area contributed by atoms with E-state index in [0.717, 1.165) is 0 Å². The van der Waals surface area contributed by atoms with Crippen molar-refractivity contribution in [2.24, 2.45) is 4.99 Å². The molecule has 0 aliphatic heterocycles. The first-order valence-corrected chi connectivity index (χ1v) is 11.2. The van der Waals surface area contributed by atoms with Gasteiger partial charge in [-0.05, 0) is 0 Å². The van der Waals surface area contributed by atoms with Gasteiger partial charge in [0.15, 0.2) is 0 Å². The molecule has 9 heteroatoms. The van der Waals surface area contributed by atoms with E-state index in [-0.39, 0.29) is 19.8 Å². The van der Waals surface area contributed by atoms with Crippen molar-refractivity contribution < 1.29 is 28.5 Å². The second-order valence-electron chi connectivity index (χ2n) is 6.55. The number of nitrogens with zero attached hydrogens (tertiary/aromatic N) is 1. The molecule has 0 saturated heterocycles. The van der Waals surface area contributed by atoms with Gasteiger partial charge >= 0.3 is 188 Å². The Kier molecular flexibility index (Phi) is 8.90. The van der Waals surface area contributed by atoms with Crippen LogP contribution in [0.2, 0.25) is 4.82 Å². The minimum absolute atomic E-state index is 0.221. The number of amides is 2. The number of aliphatic imine (C=N–C) groups is 1. The maximum atomic E-state index is 12.8. The summed E-state index contributed by atoms with van der Waals surface area (Å²) in [6.07, 6.45) is 0. The van der Waals surface area contributed by atoms with Crippen molar-refractivity contribution in [3.63, 3.8) is 0 Å². The monoisotopic (exact) mass is 494 g/mol. The van der Waals surface area contributed by atoms with Crippen LogP contribution in [0.3, 0.4) is 0 Å². The first-order valence-electron chi connectivity index (χ1n) is 9.36. The molecule has 0 unspecified atom stereocenters. The molecule has 2 rings (SSSR count). The summed E-state index contributed by atoms with van der Waals surface area (Å²) in [5.74, 6) is 1.00. The van der Waals surface area contributed by atoms with Crippen LogP contribution in [0.4, 0.5) is 0 Å². The molecule has 0 fully saturated rings. The number of hydrogen-bond acceptors (Lipinski definition) is 6. The normalized spacial score (nSPS) is 11.1. The van der Waals surface area contributed by atoms with Gasteiger partial charge in [0, 0.05) is 0 Å². The summed E-state index contributed by atoms with van der Waals surface area (Å²) < 4.78 is 21.2. The SMILES string of the molecule is COc1cc(OC)cc(C(=O)N=C(NC(=O)c2cc(OC)cc(OC)c2)[Se]C(C)C)c1. The molecule has 1 N–H and O–H groups in total. The zero-order chi connectivity index (χ0) is 23.0. The molecule has 2 amide bonds. The Labute approximate surface area is 188 Å². The quantitative estimate of drug-likeness (QED) is 0.345. The fourth-order valence-electron chi connectivity index (χ4n) is 2.50. The summed E-state index contributed by atoms with van der Waals surface area (Å²) in [6, 6.07) is 9.66. The number of rotatable bonds is 8. The molecule has 0 bridgehead atoms. The van der Waals surface area contributed by atoms with Gasteiger partial charge in [0.1, 0.15) is 0 Å². The molecule has 0 saturated carbocycles. The van der Waals surface area contributed by atoms with Crippen molar-refractivity contribution in [3.8, 4) is 23.0 Å². The van der Waals surface area contributed by atoms with Gasteiger partial charge < -0.3 is 0 Å². The van der Waals surface area contributed by atoms with Crippen LogP contribution in [0.15, 0.2) is 41.4 Å². The van der Waals surface area contributed by atoms with E-state index in [1.54, 1.807) is 36.4 Å². The fourth-order valence-corrected chi connectivity index (χ4v) is 4.04. The third kappa shape index (κ3) is 7.01. The number of carbonyl (C=O) groups is 2. The molecule has 8 nitrogen and oxygen atoms in total. The van der Waals surface area contributed by atoms with Gasteiger partial charge in [-0.1, -0.05) is 0 Å². The van der Waals surface area contributed by atoms with Crippen LogP contribution in [0.1, 0.15) is 34.6 Å². The second-order valence-corrected chi connectivity index (χ2v) is 9.83. The van der Waals surface area contributed by atoms with Crippen LogP contribution < -0.4 is 24.3 Å². The van der Waals surface area contributed by atoms with Gasteiger partial charge in [0.25, 0.3) is 0 Å². The maximum absolute atomic E-state index is 12.8. The van der Waals surface area contributed by atoms with E-state index < -0.39 is 11.8 Å². The first-order chi connectivity index (χ1) is 14.8. The molecule has 31 heavy (non-hydrogen) atoms. The van der Waals surface area contributed by atoms with Gasteiger partial charge in [-0.15, -0.1) is 0 Å². The van der Waals surface area contributed by atoms with Gasteiger partial charge in [0.2, 0.25) is 0 Å². The zero-order valence-corrected chi connectivity index (χ0v) is 20.1. The third-order valence-corrected chi connectivity index (χ3v) is 5.85. The predicted molar refractivity (Wildman–Crippen MR) is 119 cm³/mol. The number of nitrogens with one attached hydrogen (secondary N) is 1. The molecule has 0 aromatic heterocycles. The van der Waals surface area contributed by atoms with Gasteiger partial charge in [-0.3, -0.25) is 0 Å². The number of ether oxygens (including phenoxy) is 4. The van der Waals surface area contributed by atoms with Crippen LogP contribution in [-0.2, 0) is 0 Å². The number of amidine groups is 1. The van der Waals surface area contributed by atoms with Crippen molar-refractivity contribution in [1.82, 2.24) is 5.32 Å². The molecule has 0 aliphatic carbocycles.